The summed E-state index contributed by atoms with van der Waals surface area (Å²) in [7, 11) is 0. The molecule has 3 rings (SSSR count). The molecule has 0 fully saturated rings. The minimum absolute atomic E-state index is 0.146. The van der Waals surface area contributed by atoms with Gasteiger partial charge in [0.2, 0.25) is 5.89 Å². The highest BCUT2D eigenvalue weighted by Crippen LogP contribution is 2.22. The second kappa shape index (κ2) is 7.57. The smallest absolute Gasteiger partial charge is 0.344 e. The van der Waals surface area contributed by atoms with E-state index in [1.165, 1.54) is 24.3 Å². The molecule has 6 nitrogen and oxygen atoms in total. The average Bonchev–Trinajstić information content (AvgIpc) is 3.12. The van der Waals surface area contributed by atoms with Crippen LogP contribution < -0.4 is 4.74 Å². The molecule has 0 saturated heterocycles. The largest absolute Gasteiger partial charge is 0.482 e. The minimum Gasteiger partial charge on any atom is -0.482 e. The maximum Gasteiger partial charge on any atom is 0.344 e. The lowest BCUT2D eigenvalue weighted by atomic mass is 10.2. The van der Waals surface area contributed by atoms with Gasteiger partial charge in [0.15, 0.2) is 12.7 Å². The zero-order chi connectivity index (χ0) is 17.6. The fraction of sp³-hybridized carbons (Fsp3) is 0.167. The van der Waals surface area contributed by atoms with Crippen LogP contribution in [0, 0.1) is 5.82 Å². The molecule has 7 heteroatoms. The third-order valence-electron chi connectivity index (χ3n) is 3.29. The van der Waals surface area contributed by atoms with Gasteiger partial charge in [0.05, 0.1) is 0 Å². The molecule has 25 heavy (non-hydrogen) atoms. The Bertz CT molecular complexity index is 834. The number of hydrogen-bond acceptors (Lipinski definition) is 6. The van der Waals surface area contributed by atoms with Crippen LogP contribution in [0.5, 0.6) is 5.75 Å². The molecule has 2 aromatic carbocycles. The van der Waals surface area contributed by atoms with Crippen LogP contribution in [-0.2, 0) is 9.53 Å². The summed E-state index contributed by atoms with van der Waals surface area (Å²) in [6.07, 6.45) is -0.728. The molecule has 0 N–H and O–H groups in total. The van der Waals surface area contributed by atoms with E-state index in [-0.39, 0.29) is 24.2 Å². The summed E-state index contributed by atoms with van der Waals surface area (Å²) in [5.74, 6) is 0.0244. The standard InChI is InChI=1S/C18H15FN2O4/c1-12(24-16(22)11-23-15-5-3-2-4-6-15)17-20-21-18(25-17)13-7-9-14(19)10-8-13/h2-10,12H,11H2,1H3/t12-/m1/s1. The number of benzene rings is 2. The molecular formula is C18H15FN2O4. The number of esters is 1. The first-order valence-electron chi connectivity index (χ1n) is 7.58. The molecule has 0 saturated carbocycles. The number of rotatable bonds is 6. The van der Waals surface area contributed by atoms with Crippen LogP contribution in [-0.4, -0.2) is 22.8 Å². The molecule has 0 aliphatic carbocycles. The molecule has 1 aromatic heterocycles. The van der Waals surface area contributed by atoms with Crippen molar-refractivity contribution in [2.24, 2.45) is 0 Å². The van der Waals surface area contributed by atoms with Crippen LogP contribution >= 0.6 is 0 Å². The van der Waals surface area contributed by atoms with Crippen molar-refractivity contribution < 1.29 is 23.1 Å². The molecule has 3 aromatic rings. The normalized spacial score (nSPS) is 11.8. The highest BCUT2D eigenvalue weighted by atomic mass is 19.1. The lowest BCUT2D eigenvalue weighted by Gasteiger charge is -2.10. The number of para-hydroxylation sites is 1. The molecule has 0 spiro atoms. The first-order valence-corrected chi connectivity index (χ1v) is 7.58. The van der Waals surface area contributed by atoms with Gasteiger partial charge in [-0.05, 0) is 43.3 Å². The monoisotopic (exact) mass is 342 g/mol. The Morgan fingerprint density at radius 3 is 2.56 bits per heavy atom. The summed E-state index contributed by atoms with van der Waals surface area (Å²) in [4.78, 5) is 11.8. The number of hydrogen-bond donors (Lipinski definition) is 0. The lowest BCUT2D eigenvalue weighted by Crippen LogP contribution is -2.17. The van der Waals surface area contributed by atoms with E-state index >= 15 is 0 Å². The molecule has 0 amide bonds. The van der Waals surface area contributed by atoms with Crippen molar-refractivity contribution in [1.29, 1.82) is 0 Å². The van der Waals surface area contributed by atoms with Crippen molar-refractivity contribution in [2.75, 3.05) is 6.61 Å². The van der Waals surface area contributed by atoms with Gasteiger partial charge in [0.25, 0.3) is 5.89 Å². The fourth-order valence-electron chi connectivity index (χ4n) is 2.05. The van der Waals surface area contributed by atoms with Gasteiger partial charge >= 0.3 is 5.97 Å². The van der Waals surface area contributed by atoms with E-state index in [9.17, 15) is 9.18 Å². The summed E-state index contributed by atoms with van der Waals surface area (Å²) >= 11 is 0. The van der Waals surface area contributed by atoms with Crippen molar-refractivity contribution in [3.8, 4) is 17.2 Å². The number of nitrogens with zero attached hydrogens (tertiary/aromatic N) is 2. The molecular weight excluding hydrogens is 327 g/mol. The first-order chi connectivity index (χ1) is 12.1. The highest BCUT2D eigenvalue weighted by Gasteiger charge is 2.19. The summed E-state index contributed by atoms with van der Waals surface area (Å²) in [6, 6.07) is 14.6. The predicted octanol–water partition coefficient (Wildman–Crippen LogP) is 3.56. The molecule has 1 heterocycles. The van der Waals surface area contributed by atoms with Crippen molar-refractivity contribution in [3.63, 3.8) is 0 Å². The number of carbonyl (C=O) groups is 1. The van der Waals surface area contributed by atoms with Crippen molar-refractivity contribution in [2.45, 2.75) is 13.0 Å². The topological polar surface area (TPSA) is 74.5 Å². The van der Waals surface area contributed by atoms with Gasteiger partial charge in [-0.2, -0.15) is 0 Å². The van der Waals surface area contributed by atoms with Gasteiger partial charge in [0.1, 0.15) is 11.6 Å². The fourth-order valence-corrected chi connectivity index (χ4v) is 2.05. The average molecular weight is 342 g/mol. The predicted molar refractivity (Wildman–Crippen MR) is 86.1 cm³/mol. The van der Waals surface area contributed by atoms with Crippen LogP contribution in [0.2, 0.25) is 0 Å². The van der Waals surface area contributed by atoms with E-state index < -0.39 is 12.1 Å². The van der Waals surface area contributed by atoms with Gasteiger partial charge in [-0.1, -0.05) is 18.2 Å². The van der Waals surface area contributed by atoms with E-state index in [2.05, 4.69) is 10.2 Å². The molecule has 0 radical (unpaired) electrons. The van der Waals surface area contributed by atoms with Crippen LogP contribution in [0.15, 0.2) is 59.0 Å². The van der Waals surface area contributed by atoms with E-state index in [0.717, 1.165) is 0 Å². The Hall–Kier alpha value is -3.22. The highest BCUT2D eigenvalue weighted by molar-refractivity contribution is 5.71. The number of ether oxygens (including phenoxy) is 2. The second-order valence-electron chi connectivity index (χ2n) is 5.19. The third-order valence-corrected chi connectivity index (χ3v) is 3.29. The van der Waals surface area contributed by atoms with Crippen LogP contribution in [0.3, 0.4) is 0 Å². The van der Waals surface area contributed by atoms with Crippen LogP contribution in [0.1, 0.15) is 18.9 Å². The maximum absolute atomic E-state index is 12.9. The first kappa shape index (κ1) is 16.6. The third kappa shape index (κ3) is 4.41. The Morgan fingerprint density at radius 1 is 1.12 bits per heavy atom. The Labute approximate surface area is 143 Å². The van der Waals surface area contributed by atoms with Crippen molar-refractivity contribution >= 4 is 5.97 Å². The lowest BCUT2D eigenvalue weighted by molar-refractivity contribution is -0.152. The summed E-state index contributed by atoms with van der Waals surface area (Å²) < 4.78 is 28.9. The zero-order valence-corrected chi connectivity index (χ0v) is 13.4. The minimum atomic E-state index is -0.728. The van der Waals surface area contributed by atoms with Crippen molar-refractivity contribution in [3.05, 3.63) is 66.3 Å². The number of carbonyl (C=O) groups excluding carboxylic acids is 1. The molecule has 128 valence electrons. The van der Waals surface area contributed by atoms with Gasteiger partial charge in [0, 0.05) is 5.56 Å². The summed E-state index contributed by atoms with van der Waals surface area (Å²) in [6.45, 7) is 1.38. The van der Waals surface area contributed by atoms with E-state index in [1.807, 2.05) is 6.07 Å². The number of aromatic nitrogens is 2. The molecule has 0 aliphatic rings. The van der Waals surface area contributed by atoms with E-state index in [1.54, 1.807) is 31.2 Å². The second-order valence-corrected chi connectivity index (χ2v) is 5.19. The van der Waals surface area contributed by atoms with Gasteiger partial charge in [-0.25, -0.2) is 9.18 Å². The maximum atomic E-state index is 12.9. The summed E-state index contributed by atoms with van der Waals surface area (Å²) in [5.41, 5.74) is 0.575. The Morgan fingerprint density at radius 2 is 1.84 bits per heavy atom. The van der Waals surface area contributed by atoms with Gasteiger partial charge < -0.3 is 13.9 Å². The van der Waals surface area contributed by atoms with Gasteiger partial charge in [-0.3, -0.25) is 0 Å². The Kier molecular flexibility index (Phi) is 5.03. The number of halogens is 1. The molecule has 0 unspecified atom stereocenters. The van der Waals surface area contributed by atoms with Crippen molar-refractivity contribution in [1.82, 2.24) is 10.2 Å². The van der Waals surface area contributed by atoms with E-state index in [0.29, 0.717) is 11.3 Å². The molecule has 1 atom stereocenters. The SMILES string of the molecule is C[C@@H](OC(=O)COc1ccccc1)c1nnc(-c2ccc(F)cc2)o1. The zero-order valence-electron chi connectivity index (χ0n) is 13.4. The van der Waals surface area contributed by atoms with Crippen LogP contribution in [0.25, 0.3) is 11.5 Å². The quantitative estimate of drug-likeness (QED) is 0.638. The van der Waals surface area contributed by atoms with E-state index in [4.69, 9.17) is 13.9 Å². The molecule has 0 aliphatic heterocycles. The Balaban J connectivity index is 1.57. The molecule has 0 bridgehead atoms. The van der Waals surface area contributed by atoms with Gasteiger partial charge in [-0.15, -0.1) is 10.2 Å². The summed E-state index contributed by atoms with van der Waals surface area (Å²) in [5, 5.41) is 7.73. The van der Waals surface area contributed by atoms with Crippen LogP contribution in [0.4, 0.5) is 4.39 Å².